The van der Waals surface area contributed by atoms with Crippen LogP contribution in [0.5, 0.6) is 11.5 Å². The largest absolute Gasteiger partial charge is 0.493 e. The van der Waals surface area contributed by atoms with Crippen LogP contribution in [0, 0.1) is 10.1 Å². The number of ether oxygens (including phenoxy) is 2. The SMILES string of the molecule is COc1ccc(S(=O)(=O)N(CC(=O)NN=Cc2ccc([N+](=O)[O-])cc2)Cc2ccccc2)cc1OC. The van der Waals surface area contributed by atoms with Crippen LogP contribution in [0.1, 0.15) is 11.1 Å². The predicted octanol–water partition coefficient (Wildman–Crippen LogP) is 2.95. The van der Waals surface area contributed by atoms with Crippen molar-refractivity contribution in [1.82, 2.24) is 9.73 Å². The van der Waals surface area contributed by atoms with Gasteiger partial charge in [0.05, 0.1) is 36.8 Å². The molecule has 0 radical (unpaired) electrons. The van der Waals surface area contributed by atoms with Gasteiger partial charge < -0.3 is 9.47 Å². The molecule has 0 saturated heterocycles. The Morgan fingerprint density at radius 1 is 1.03 bits per heavy atom. The minimum absolute atomic E-state index is 0.0585. The number of nitro groups is 1. The zero-order chi connectivity index (χ0) is 26.1. The van der Waals surface area contributed by atoms with Crippen molar-refractivity contribution in [2.45, 2.75) is 11.4 Å². The Morgan fingerprint density at radius 2 is 1.69 bits per heavy atom. The molecule has 1 amide bonds. The molecule has 0 heterocycles. The molecule has 12 heteroatoms. The van der Waals surface area contributed by atoms with Crippen LogP contribution < -0.4 is 14.9 Å². The van der Waals surface area contributed by atoms with Gasteiger partial charge in [-0.1, -0.05) is 30.3 Å². The molecule has 0 saturated carbocycles. The van der Waals surface area contributed by atoms with Crippen LogP contribution in [0.25, 0.3) is 0 Å². The molecule has 0 aliphatic rings. The molecule has 1 N–H and O–H groups in total. The summed E-state index contributed by atoms with van der Waals surface area (Å²) in [6.07, 6.45) is 1.30. The highest BCUT2D eigenvalue weighted by atomic mass is 32.2. The summed E-state index contributed by atoms with van der Waals surface area (Å²) in [7, 11) is -1.29. The highest BCUT2D eigenvalue weighted by molar-refractivity contribution is 7.89. The number of sulfonamides is 1. The topological polar surface area (TPSA) is 140 Å². The van der Waals surface area contributed by atoms with Crippen molar-refractivity contribution >= 4 is 27.8 Å². The predicted molar refractivity (Wildman–Crippen MR) is 132 cm³/mol. The van der Waals surface area contributed by atoms with E-state index in [2.05, 4.69) is 10.5 Å². The van der Waals surface area contributed by atoms with Gasteiger partial charge in [0.2, 0.25) is 10.0 Å². The Morgan fingerprint density at radius 3 is 2.31 bits per heavy atom. The van der Waals surface area contributed by atoms with E-state index < -0.39 is 27.4 Å². The van der Waals surface area contributed by atoms with E-state index in [1.165, 1.54) is 62.9 Å². The summed E-state index contributed by atoms with van der Waals surface area (Å²) in [5.41, 5.74) is 3.42. The molecule has 0 fully saturated rings. The molecule has 3 rings (SSSR count). The van der Waals surface area contributed by atoms with Crippen molar-refractivity contribution in [3.8, 4) is 11.5 Å². The summed E-state index contributed by atoms with van der Waals surface area (Å²) in [6, 6.07) is 18.6. The minimum Gasteiger partial charge on any atom is -0.493 e. The highest BCUT2D eigenvalue weighted by Gasteiger charge is 2.28. The lowest BCUT2D eigenvalue weighted by Crippen LogP contribution is -2.39. The van der Waals surface area contributed by atoms with Crippen LogP contribution in [-0.2, 0) is 21.4 Å². The lowest BCUT2D eigenvalue weighted by atomic mass is 10.2. The third kappa shape index (κ3) is 6.64. The number of carbonyl (C=O) groups is 1. The molecular formula is C24H24N4O7S. The van der Waals surface area contributed by atoms with E-state index in [4.69, 9.17) is 9.47 Å². The third-order valence-corrected chi connectivity index (χ3v) is 6.81. The maximum atomic E-state index is 13.5. The summed E-state index contributed by atoms with van der Waals surface area (Å²) >= 11 is 0. The number of nitro benzene ring substituents is 1. The number of non-ortho nitro benzene ring substituents is 1. The molecular weight excluding hydrogens is 488 g/mol. The number of nitrogens with zero attached hydrogens (tertiary/aromatic N) is 3. The van der Waals surface area contributed by atoms with Gasteiger partial charge in [-0.05, 0) is 35.4 Å². The fourth-order valence-corrected chi connectivity index (χ4v) is 4.60. The van der Waals surface area contributed by atoms with Gasteiger partial charge in [0.15, 0.2) is 11.5 Å². The maximum Gasteiger partial charge on any atom is 0.269 e. The van der Waals surface area contributed by atoms with E-state index in [1.54, 1.807) is 30.3 Å². The Balaban J connectivity index is 1.80. The smallest absolute Gasteiger partial charge is 0.269 e. The summed E-state index contributed by atoms with van der Waals surface area (Å²) in [4.78, 5) is 22.8. The van der Waals surface area contributed by atoms with E-state index in [0.717, 1.165) is 4.31 Å². The zero-order valence-electron chi connectivity index (χ0n) is 19.5. The summed E-state index contributed by atoms with van der Waals surface area (Å²) in [6.45, 7) is -0.569. The van der Waals surface area contributed by atoms with Crippen molar-refractivity contribution in [3.05, 3.63) is 94.0 Å². The number of nitrogens with one attached hydrogen (secondary N) is 1. The van der Waals surface area contributed by atoms with Gasteiger partial charge in [-0.25, -0.2) is 13.8 Å². The number of hydrazone groups is 1. The lowest BCUT2D eigenvalue weighted by Gasteiger charge is -2.22. The van der Waals surface area contributed by atoms with Gasteiger partial charge in [-0.15, -0.1) is 0 Å². The van der Waals surface area contributed by atoms with Crippen molar-refractivity contribution in [2.24, 2.45) is 5.10 Å². The Bertz CT molecular complexity index is 1340. The maximum absolute atomic E-state index is 13.5. The van der Waals surface area contributed by atoms with Crippen molar-refractivity contribution in [3.63, 3.8) is 0 Å². The van der Waals surface area contributed by atoms with Gasteiger partial charge >= 0.3 is 0 Å². The van der Waals surface area contributed by atoms with Crippen LogP contribution in [0.2, 0.25) is 0 Å². The number of rotatable bonds is 11. The number of amides is 1. The van der Waals surface area contributed by atoms with Gasteiger partial charge in [-0.2, -0.15) is 9.41 Å². The third-order valence-electron chi connectivity index (χ3n) is 5.02. The molecule has 3 aromatic carbocycles. The first-order valence-electron chi connectivity index (χ1n) is 10.6. The Labute approximate surface area is 208 Å². The average molecular weight is 513 g/mol. The van der Waals surface area contributed by atoms with Crippen molar-refractivity contribution in [2.75, 3.05) is 20.8 Å². The standard InChI is InChI=1S/C24H24N4O7S/c1-34-22-13-12-21(14-23(22)35-2)36(32,33)27(16-19-6-4-3-5-7-19)17-24(29)26-25-15-18-8-10-20(11-9-18)28(30)31/h3-15H,16-17H2,1-2H3,(H,26,29). The van der Waals surface area contributed by atoms with Crippen molar-refractivity contribution < 1.29 is 27.6 Å². The minimum atomic E-state index is -4.12. The first kappa shape index (κ1) is 26.3. The summed E-state index contributed by atoms with van der Waals surface area (Å²) in [5, 5.41) is 14.6. The van der Waals surface area contributed by atoms with Crippen LogP contribution in [-0.4, -0.2) is 50.5 Å². The quantitative estimate of drug-likeness (QED) is 0.237. The van der Waals surface area contributed by atoms with E-state index in [1.807, 2.05) is 0 Å². The molecule has 11 nitrogen and oxygen atoms in total. The number of carbonyl (C=O) groups excluding carboxylic acids is 1. The fraction of sp³-hybridized carbons (Fsp3) is 0.167. The van der Waals surface area contributed by atoms with Crippen LogP contribution in [0.15, 0.2) is 82.8 Å². The first-order valence-corrected chi connectivity index (χ1v) is 12.0. The average Bonchev–Trinajstić information content (AvgIpc) is 2.88. The molecule has 0 unspecified atom stereocenters. The van der Waals surface area contributed by atoms with E-state index in [-0.39, 0.29) is 22.9 Å². The Hall–Kier alpha value is -4.29. The number of methoxy groups -OCH3 is 2. The second-order valence-corrected chi connectivity index (χ2v) is 9.36. The van der Waals surface area contributed by atoms with E-state index >= 15 is 0 Å². The molecule has 3 aromatic rings. The van der Waals surface area contributed by atoms with Crippen molar-refractivity contribution in [1.29, 1.82) is 0 Å². The van der Waals surface area contributed by atoms with Gasteiger partial charge in [0.25, 0.3) is 11.6 Å². The second-order valence-electron chi connectivity index (χ2n) is 7.42. The van der Waals surface area contributed by atoms with E-state index in [0.29, 0.717) is 16.9 Å². The fourth-order valence-electron chi connectivity index (χ4n) is 3.20. The lowest BCUT2D eigenvalue weighted by molar-refractivity contribution is -0.384. The van der Waals surface area contributed by atoms with Gasteiger partial charge in [0, 0.05) is 24.7 Å². The molecule has 0 aliphatic heterocycles. The Kier molecular flexibility index (Phi) is 8.71. The summed E-state index contributed by atoms with van der Waals surface area (Å²) in [5.74, 6) is -0.0760. The van der Waals surface area contributed by atoms with Gasteiger partial charge in [-0.3, -0.25) is 14.9 Å². The molecule has 0 aliphatic carbocycles. The number of benzene rings is 3. The second kappa shape index (κ2) is 11.9. The normalized spacial score (nSPS) is 11.4. The first-order chi connectivity index (χ1) is 17.2. The number of hydrogen-bond donors (Lipinski definition) is 1. The highest BCUT2D eigenvalue weighted by Crippen LogP contribution is 2.31. The molecule has 36 heavy (non-hydrogen) atoms. The molecule has 0 bridgehead atoms. The zero-order valence-corrected chi connectivity index (χ0v) is 20.3. The van der Waals surface area contributed by atoms with E-state index in [9.17, 15) is 23.3 Å². The van der Waals surface area contributed by atoms with Crippen LogP contribution in [0.4, 0.5) is 5.69 Å². The molecule has 188 valence electrons. The molecule has 0 atom stereocenters. The molecule has 0 spiro atoms. The monoisotopic (exact) mass is 512 g/mol. The van der Waals surface area contributed by atoms with Gasteiger partial charge in [0.1, 0.15) is 0 Å². The summed E-state index contributed by atoms with van der Waals surface area (Å²) < 4.78 is 38.4. The number of hydrogen-bond acceptors (Lipinski definition) is 8. The molecule has 0 aromatic heterocycles. The van der Waals surface area contributed by atoms with Crippen LogP contribution in [0.3, 0.4) is 0 Å². The van der Waals surface area contributed by atoms with Crippen LogP contribution >= 0.6 is 0 Å².